The fourth-order valence-corrected chi connectivity index (χ4v) is 2.30. The average molecular weight is 290 g/mol. The lowest BCUT2D eigenvalue weighted by Gasteiger charge is -2.13. The number of aliphatic carboxylic acids is 1. The average Bonchev–Trinajstić information content (AvgIpc) is 2.81. The molecule has 0 aliphatic carbocycles. The van der Waals surface area contributed by atoms with Gasteiger partial charge in [0.05, 0.1) is 6.42 Å². The van der Waals surface area contributed by atoms with Crippen LogP contribution in [0.1, 0.15) is 35.7 Å². The minimum Gasteiger partial charge on any atom is -0.481 e. The van der Waals surface area contributed by atoms with Crippen LogP contribution in [-0.4, -0.2) is 29.4 Å². The van der Waals surface area contributed by atoms with Crippen LogP contribution in [0.3, 0.4) is 0 Å². The molecule has 2 amide bonds. The predicted molar refractivity (Wildman–Crippen MR) is 77.1 cm³/mol. The Morgan fingerprint density at radius 1 is 1.43 bits per heavy atom. The quantitative estimate of drug-likeness (QED) is 0.738. The van der Waals surface area contributed by atoms with Gasteiger partial charge in [-0.2, -0.15) is 0 Å². The Balaban J connectivity index is 1.96. The summed E-state index contributed by atoms with van der Waals surface area (Å²) in [6.45, 7) is 2.22. The van der Waals surface area contributed by atoms with Gasteiger partial charge in [-0.1, -0.05) is 19.4 Å². The Bertz CT molecular complexity index is 583. The Kier molecular flexibility index (Phi) is 4.57. The number of nitrogens with one attached hydrogen (secondary N) is 2. The van der Waals surface area contributed by atoms with Gasteiger partial charge in [0, 0.05) is 24.2 Å². The largest absolute Gasteiger partial charge is 0.481 e. The minimum atomic E-state index is -0.864. The first-order chi connectivity index (χ1) is 9.99. The summed E-state index contributed by atoms with van der Waals surface area (Å²) in [5.41, 5.74) is 2.01. The molecule has 1 atom stereocenters. The minimum absolute atomic E-state index is 0.0387. The molecule has 21 heavy (non-hydrogen) atoms. The van der Waals surface area contributed by atoms with Gasteiger partial charge in [0.2, 0.25) is 5.91 Å². The van der Waals surface area contributed by atoms with Gasteiger partial charge in [0.15, 0.2) is 0 Å². The van der Waals surface area contributed by atoms with Crippen molar-refractivity contribution in [2.75, 3.05) is 11.9 Å². The molecular weight excluding hydrogens is 272 g/mol. The van der Waals surface area contributed by atoms with Crippen molar-refractivity contribution < 1.29 is 19.5 Å². The number of fused-ring (bicyclic) bond motifs is 1. The molecule has 2 rings (SSSR count). The number of carboxylic acids is 1. The third kappa shape index (κ3) is 3.81. The molecule has 1 aromatic rings. The molecule has 1 aliphatic rings. The maximum absolute atomic E-state index is 12.1. The van der Waals surface area contributed by atoms with E-state index in [0.717, 1.165) is 5.56 Å². The number of benzene rings is 1. The number of carboxylic acid groups (broad SMARTS) is 1. The zero-order valence-corrected chi connectivity index (χ0v) is 11.8. The van der Waals surface area contributed by atoms with Gasteiger partial charge in [0.1, 0.15) is 0 Å². The molecule has 1 aliphatic heterocycles. The maximum atomic E-state index is 12.1. The smallest absolute Gasteiger partial charge is 0.303 e. The van der Waals surface area contributed by atoms with Gasteiger partial charge >= 0.3 is 5.97 Å². The fourth-order valence-electron chi connectivity index (χ4n) is 2.30. The number of anilines is 1. The Labute approximate surface area is 122 Å². The van der Waals surface area contributed by atoms with Crippen molar-refractivity contribution in [2.45, 2.75) is 26.2 Å². The van der Waals surface area contributed by atoms with E-state index in [1.54, 1.807) is 18.2 Å². The summed E-state index contributed by atoms with van der Waals surface area (Å²) >= 11 is 0. The summed E-state index contributed by atoms with van der Waals surface area (Å²) in [7, 11) is 0. The van der Waals surface area contributed by atoms with Crippen molar-refractivity contribution in [2.24, 2.45) is 5.92 Å². The first-order valence-electron chi connectivity index (χ1n) is 6.92. The summed E-state index contributed by atoms with van der Waals surface area (Å²) in [6.07, 6.45) is 1.07. The van der Waals surface area contributed by atoms with Crippen LogP contribution in [-0.2, 0) is 16.0 Å². The number of hydrogen-bond donors (Lipinski definition) is 3. The van der Waals surface area contributed by atoms with E-state index in [1.165, 1.54) is 0 Å². The lowest BCUT2D eigenvalue weighted by Crippen LogP contribution is -2.30. The fraction of sp³-hybridized carbons (Fsp3) is 0.400. The molecular formula is C15H18N2O4. The lowest BCUT2D eigenvalue weighted by atomic mass is 10.0. The molecule has 0 saturated carbocycles. The van der Waals surface area contributed by atoms with E-state index < -0.39 is 5.97 Å². The van der Waals surface area contributed by atoms with Crippen LogP contribution < -0.4 is 10.6 Å². The van der Waals surface area contributed by atoms with Crippen molar-refractivity contribution in [1.29, 1.82) is 0 Å². The van der Waals surface area contributed by atoms with Crippen LogP contribution >= 0.6 is 0 Å². The van der Waals surface area contributed by atoms with Crippen LogP contribution in [0.4, 0.5) is 5.69 Å². The van der Waals surface area contributed by atoms with Crippen LogP contribution in [0.5, 0.6) is 0 Å². The number of amides is 2. The van der Waals surface area contributed by atoms with Crippen LogP contribution in [0, 0.1) is 5.92 Å². The molecule has 0 saturated heterocycles. The van der Waals surface area contributed by atoms with Gasteiger partial charge in [-0.15, -0.1) is 0 Å². The SMILES string of the molecule is CCC(CNC(=O)c1ccc2c(c1)NC(=O)C2)CC(=O)O. The summed E-state index contributed by atoms with van der Waals surface area (Å²) in [6, 6.07) is 5.08. The van der Waals surface area contributed by atoms with Crippen molar-refractivity contribution in [3.05, 3.63) is 29.3 Å². The van der Waals surface area contributed by atoms with Crippen LogP contribution in [0.2, 0.25) is 0 Å². The maximum Gasteiger partial charge on any atom is 0.303 e. The van der Waals surface area contributed by atoms with Crippen molar-refractivity contribution >= 4 is 23.5 Å². The zero-order valence-electron chi connectivity index (χ0n) is 11.8. The zero-order chi connectivity index (χ0) is 15.4. The second-order valence-corrected chi connectivity index (χ2v) is 5.18. The van der Waals surface area contributed by atoms with E-state index in [4.69, 9.17) is 5.11 Å². The van der Waals surface area contributed by atoms with Gasteiger partial charge < -0.3 is 15.7 Å². The highest BCUT2D eigenvalue weighted by Gasteiger charge is 2.19. The van der Waals surface area contributed by atoms with Crippen molar-refractivity contribution in [1.82, 2.24) is 5.32 Å². The van der Waals surface area contributed by atoms with E-state index in [0.29, 0.717) is 30.6 Å². The third-order valence-corrected chi connectivity index (χ3v) is 3.59. The molecule has 0 radical (unpaired) electrons. The van der Waals surface area contributed by atoms with Gasteiger partial charge in [-0.3, -0.25) is 14.4 Å². The summed E-state index contributed by atoms with van der Waals surface area (Å²) in [5.74, 6) is -1.28. The molecule has 0 spiro atoms. The van der Waals surface area contributed by atoms with Gasteiger partial charge in [-0.25, -0.2) is 0 Å². The molecule has 6 heteroatoms. The monoisotopic (exact) mass is 290 g/mol. The predicted octanol–water partition coefficient (Wildman–Crippen LogP) is 1.41. The van der Waals surface area contributed by atoms with E-state index >= 15 is 0 Å². The molecule has 112 valence electrons. The molecule has 1 aromatic carbocycles. The second-order valence-electron chi connectivity index (χ2n) is 5.18. The molecule has 6 nitrogen and oxygen atoms in total. The standard InChI is InChI=1S/C15H18N2O4/c1-2-9(5-14(19)20)8-16-15(21)11-4-3-10-7-13(18)17-12(10)6-11/h3-4,6,9H,2,5,7-8H2,1H3,(H,16,21)(H,17,18)(H,19,20). The number of hydrogen-bond acceptors (Lipinski definition) is 3. The molecule has 0 fully saturated rings. The molecule has 1 heterocycles. The highest BCUT2D eigenvalue weighted by molar-refractivity contribution is 6.02. The number of carbonyl (C=O) groups is 3. The number of carbonyl (C=O) groups excluding carboxylic acids is 2. The van der Waals surface area contributed by atoms with Gasteiger partial charge in [-0.05, 0) is 23.6 Å². The molecule has 3 N–H and O–H groups in total. The van der Waals surface area contributed by atoms with Crippen molar-refractivity contribution in [3.8, 4) is 0 Å². The molecule has 0 bridgehead atoms. The van der Waals surface area contributed by atoms with Gasteiger partial charge in [0.25, 0.3) is 5.91 Å². The Morgan fingerprint density at radius 2 is 2.19 bits per heavy atom. The Hall–Kier alpha value is -2.37. The van der Waals surface area contributed by atoms with Crippen molar-refractivity contribution in [3.63, 3.8) is 0 Å². The topological polar surface area (TPSA) is 95.5 Å². The molecule has 0 aromatic heterocycles. The van der Waals surface area contributed by atoms with Crippen LogP contribution in [0.25, 0.3) is 0 Å². The van der Waals surface area contributed by atoms with E-state index in [1.807, 2.05) is 6.92 Å². The normalized spacial score (nSPS) is 14.2. The Morgan fingerprint density at radius 3 is 2.86 bits per heavy atom. The van der Waals surface area contributed by atoms with E-state index in [-0.39, 0.29) is 24.2 Å². The molecule has 1 unspecified atom stereocenters. The van der Waals surface area contributed by atoms with E-state index in [2.05, 4.69) is 10.6 Å². The van der Waals surface area contributed by atoms with Crippen LogP contribution in [0.15, 0.2) is 18.2 Å². The van der Waals surface area contributed by atoms with E-state index in [9.17, 15) is 14.4 Å². The number of rotatable bonds is 6. The second kappa shape index (κ2) is 6.39. The first-order valence-corrected chi connectivity index (χ1v) is 6.92. The summed E-state index contributed by atoms with van der Waals surface area (Å²) in [4.78, 5) is 34.0. The summed E-state index contributed by atoms with van der Waals surface area (Å²) < 4.78 is 0. The lowest BCUT2D eigenvalue weighted by molar-refractivity contribution is -0.138. The summed E-state index contributed by atoms with van der Waals surface area (Å²) in [5, 5.41) is 14.2. The highest BCUT2D eigenvalue weighted by Crippen LogP contribution is 2.24. The third-order valence-electron chi connectivity index (χ3n) is 3.59. The first kappa shape index (κ1) is 15.0. The highest BCUT2D eigenvalue weighted by atomic mass is 16.4.